The summed E-state index contributed by atoms with van der Waals surface area (Å²) in [7, 11) is 1.68. The average Bonchev–Trinajstić information content (AvgIpc) is 3.33. The van der Waals surface area contributed by atoms with Gasteiger partial charge in [-0.3, -0.25) is 19.3 Å². The minimum absolute atomic E-state index is 0.0509. The quantitative estimate of drug-likeness (QED) is 0.634. The number of carbonyl (C=O) groups is 3. The Morgan fingerprint density at radius 2 is 1.74 bits per heavy atom. The molecule has 0 spiro atoms. The number of carbonyl (C=O) groups excluding carboxylic acids is 3. The van der Waals surface area contributed by atoms with E-state index in [0.717, 1.165) is 36.8 Å². The molecule has 2 aromatic rings. The highest BCUT2D eigenvalue weighted by Crippen LogP contribution is 2.38. The molecule has 1 saturated heterocycles. The molecule has 2 aliphatic rings. The molecule has 164 valence electrons. The topological polar surface area (TPSA) is 96.6 Å². The predicted molar refractivity (Wildman–Crippen MR) is 112 cm³/mol. The summed E-state index contributed by atoms with van der Waals surface area (Å²) in [5.74, 6) is 0.310. The molecule has 3 amide bonds. The number of rotatable bonds is 7. The molecule has 31 heavy (non-hydrogen) atoms. The number of likely N-dealkylation sites (tertiary alicyclic amines) is 1. The average molecular weight is 425 g/mol. The lowest BCUT2D eigenvalue weighted by molar-refractivity contribution is -0.140. The molecular formula is C23H28N4O4. The lowest BCUT2D eigenvalue weighted by Crippen LogP contribution is -2.33. The van der Waals surface area contributed by atoms with Crippen LogP contribution in [0.2, 0.25) is 0 Å². The summed E-state index contributed by atoms with van der Waals surface area (Å²) >= 11 is 0. The molecule has 1 aliphatic heterocycles. The zero-order chi connectivity index (χ0) is 22.0. The first kappa shape index (κ1) is 21.2. The molecule has 2 heterocycles. The van der Waals surface area contributed by atoms with Gasteiger partial charge in [-0.25, -0.2) is 0 Å². The van der Waals surface area contributed by atoms with E-state index in [1.165, 1.54) is 9.80 Å². The Labute approximate surface area is 181 Å². The van der Waals surface area contributed by atoms with E-state index in [1.807, 2.05) is 31.2 Å². The van der Waals surface area contributed by atoms with Crippen molar-refractivity contribution in [1.29, 1.82) is 0 Å². The van der Waals surface area contributed by atoms with Crippen molar-refractivity contribution in [2.45, 2.75) is 52.0 Å². The molecule has 4 rings (SSSR count). The molecule has 1 aromatic carbocycles. The van der Waals surface area contributed by atoms with Crippen LogP contribution in [-0.4, -0.2) is 51.3 Å². The van der Waals surface area contributed by atoms with Crippen molar-refractivity contribution in [2.75, 3.05) is 13.6 Å². The van der Waals surface area contributed by atoms with E-state index in [0.29, 0.717) is 24.7 Å². The maximum Gasteiger partial charge on any atom is 0.247 e. The minimum Gasteiger partial charge on any atom is -0.419 e. The molecule has 2 fully saturated rings. The highest BCUT2D eigenvalue weighted by atomic mass is 16.4. The third-order valence-corrected chi connectivity index (χ3v) is 6.27. The first-order valence-electron chi connectivity index (χ1n) is 10.9. The number of aryl methyl sites for hydroxylation is 1. The summed E-state index contributed by atoms with van der Waals surface area (Å²) in [4.78, 5) is 40.4. The van der Waals surface area contributed by atoms with Gasteiger partial charge in [0.2, 0.25) is 29.5 Å². The molecule has 0 radical (unpaired) electrons. The first-order valence-corrected chi connectivity index (χ1v) is 10.9. The van der Waals surface area contributed by atoms with E-state index in [9.17, 15) is 14.4 Å². The van der Waals surface area contributed by atoms with E-state index in [2.05, 4.69) is 10.2 Å². The first-order chi connectivity index (χ1) is 14.9. The molecule has 0 N–H and O–H groups in total. The summed E-state index contributed by atoms with van der Waals surface area (Å²) in [6.07, 6.45) is 4.35. The second-order valence-corrected chi connectivity index (χ2v) is 8.55. The SMILES string of the molecule is Cc1ccc(-c2nnc(CN(C)C(=O)CCCN3C(=O)[C@H]4CCCC[C@@H]4C3=O)o2)cc1. The Balaban J connectivity index is 1.26. The van der Waals surface area contributed by atoms with Gasteiger partial charge < -0.3 is 9.32 Å². The summed E-state index contributed by atoms with van der Waals surface area (Å²) < 4.78 is 5.68. The van der Waals surface area contributed by atoms with Gasteiger partial charge in [-0.2, -0.15) is 0 Å². The van der Waals surface area contributed by atoms with Gasteiger partial charge >= 0.3 is 0 Å². The van der Waals surface area contributed by atoms with Gasteiger partial charge in [0, 0.05) is 25.6 Å². The number of hydrogen-bond donors (Lipinski definition) is 0. The summed E-state index contributed by atoms with van der Waals surface area (Å²) in [5.41, 5.74) is 1.98. The van der Waals surface area contributed by atoms with Crippen LogP contribution in [0.4, 0.5) is 0 Å². The molecule has 0 bridgehead atoms. The number of imide groups is 1. The second-order valence-electron chi connectivity index (χ2n) is 8.55. The van der Waals surface area contributed by atoms with Crippen LogP contribution in [0.25, 0.3) is 11.5 Å². The third-order valence-electron chi connectivity index (χ3n) is 6.27. The van der Waals surface area contributed by atoms with E-state index in [-0.39, 0.29) is 42.5 Å². The van der Waals surface area contributed by atoms with Gasteiger partial charge in [-0.05, 0) is 38.3 Å². The maximum absolute atomic E-state index is 12.5. The minimum atomic E-state index is -0.139. The van der Waals surface area contributed by atoms with Crippen LogP contribution in [0.1, 0.15) is 50.0 Å². The predicted octanol–water partition coefficient (Wildman–Crippen LogP) is 2.96. The molecule has 1 aromatic heterocycles. The van der Waals surface area contributed by atoms with Crippen LogP contribution in [0.5, 0.6) is 0 Å². The number of fused-ring (bicyclic) bond motifs is 1. The Morgan fingerprint density at radius 3 is 2.39 bits per heavy atom. The third kappa shape index (κ3) is 4.52. The van der Waals surface area contributed by atoms with Crippen LogP contribution in [0.3, 0.4) is 0 Å². The van der Waals surface area contributed by atoms with E-state index in [4.69, 9.17) is 4.42 Å². The normalized spacial score (nSPS) is 20.8. The highest BCUT2D eigenvalue weighted by Gasteiger charge is 2.47. The molecule has 1 saturated carbocycles. The van der Waals surface area contributed by atoms with Gasteiger partial charge in [0.15, 0.2) is 0 Å². The highest BCUT2D eigenvalue weighted by molar-refractivity contribution is 6.05. The smallest absolute Gasteiger partial charge is 0.247 e. The molecule has 1 aliphatic carbocycles. The lowest BCUT2D eigenvalue weighted by atomic mass is 9.81. The fraction of sp³-hybridized carbons (Fsp3) is 0.522. The molecular weight excluding hydrogens is 396 g/mol. The van der Waals surface area contributed by atoms with Crippen molar-refractivity contribution >= 4 is 17.7 Å². The van der Waals surface area contributed by atoms with Gasteiger partial charge in [0.05, 0.1) is 18.4 Å². The van der Waals surface area contributed by atoms with E-state index in [1.54, 1.807) is 7.05 Å². The number of aromatic nitrogens is 2. The lowest BCUT2D eigenvalue weighted by Gasteiger charge is -2.19. The van der Waals surface area contributed by atoms with Crippen molar-refractivity contribution in [3.05, 3.63) is 35.7 Å². The summed E-state index contributed by atoms with van der Waals surface area (Å²) in [5, 5.41) is 8.09. The zero-order valence-corrected chi connectivity index (χ0v) is 18.0. The van der Waals surface area contributed by atoms with Crippen LogP contribution >= 0.6 is 0 Å². The summed E-state index contributed by atoms with van der Waals surface area (Å²) in [6, 6.07) is 7.77. The van der Waals surface area contributed by atoms with Crippen molar-refractivity contribution in [2.24, 2.45) is 11.8 Å². The second kappa shape index (κ2) is 8.99. The Kier molecular flexibility index (Phi) is 6.15. The Bertz CT molecular complexity index is 944. The van der Waals surface area contributed by atoms with Crippen LogP contribution in [0, 0.1) is 18.8 Å². The number of nitrogens with zero attached hydrogens (tertiary/aromatic N) is 4. The van der Waals surface area contributed by atoms with Gasteiger partial charge in [-0.1, -0.05) is 30.5 Å². The van der Waals surface area contributed by atoms with Gasteiger partial charge in [-0.15, -0.1) is 10.2 Å². The van der Waals surface area contributed by atoms with Gasteiger partial charge in [0.1, 0.15) is 0 Å². The number of hydrogen-bond acceptors (Lipinski definition) is 6. The molecule has 2 atom stereocenters. The Hall–Kier alpha value is -3.03. The standard InChI is InChI=1S/C23H28N4O4/c1-15-9-11-16(12-10-15)21-25-24-19(31-21)14-26(2)20(28)8-5-13-27-22(29)17-6-3-4-7-18(17)23(27)30/h9-12,17-18H,3-8,13-14H2,1-2H3/t17-,18-/m0/s1. The fourth-order valence-electron chi connectivity index (χ4n) is 4.45. The largest absolute Gasteiger partial charge is 0.419 e. The van der Waals surface area contributed by atoms with Crippen LogP contribution in [-0.2, 0) is 20.9 Å². The molecule has 8 heteroatoms. The van der Waals surface area contributed by atoms with Crippen molar-refractivity contribution in [3.8, 4) is 11.5 Å². The van der Waals surface area contributed by atoms with E-state index >= 15 is 0 Å². The molecule has 0 unspecified atom stereocenters. The van der Waals surface area contributed by atoms with E-state index < -0.39 is 0 Å². The monoisotopic (exact) mass is 424 g/mol. The fourth-order valence-corrected chi connectivity index (χ4v) is 4.45. The van der Waals surface area contributed by atoms with Crippen molar-refractivity contribution < 1.29 is 18.8 Å². The maximum atomic E-state index is 12.5. The summed E-state index contributed by atoms with van der Waals surface area (Å²) in [6.45, 7) is 2.53. The zero-order valence-electron chi connectivity index (χ0n) is 18.0. The van der Waals surface area contributed by atoms with Crippen LogP contribution in [0.15, 0.2) is 28.7 Å². The van der Waals surface area contributed by atoms with Crippen LogP contribution < -0.4 is 0 Å². The Morgan fingerprint density at radius 1 is 1.10 bits per heavy atom. The van der Waals surface area contributed by atoms with Crippen molar-refractivity contribution in [1.82, 2.24) is 20.0 Å². The van der Waals surface area contributed by atoms with Crippen molar-refractivity contribution in [3.63, 3.8) is 0 Å². The number of benzene rings is 1. The molecule has 8 nitrogen and oxygen atoms in total. The van der Waals surface area contributed by atoms with Gasteiger partial charge in [0.25, 0.3) is 0 Å². The number of amides is 3.